The van der Waals surface area contributed by atoms with Crippen LogP contribution < -0.4 is 16.0 Å². The van der Waals surface area contributed by atoms with Gasteiger partial charge in [0.2, 0.25) is 5.82 Å². The smallest absolute Gasteiger partial charge is 0.354 e. The number of nitrogens with one attached hydrogen (secondary N) is 1. The molecule has 1 amide bonds. The molecule has 8 nitrogen and oxygen atoms in total. The van der Waals surface area contributed by atoms with Crippen LogP contribution in [0.25, 0.3) is 10.9 Å². The van der Waals surface area contributed by atoms with Crippen molar-refractivity contribution in [3.8, 4) is 0 Å². The van der Waals surface area contributed by atoms with E-state index in [-0.39, 0.29) is 41.3 Å². The fourth-order valence-corrected chi connectivity index (χ4v) is 6.08. The van der Waals surface area contributed by atoms with E-state index >= 15 is 0 Å². The number of piperidine rings is 2. The van der Waals surface area contributed by atoms with E-state index in [1.807, 2.05) is 6.07 Å². The van der Waals surface area contributed by atoms with E-state index in [4.69, 9.17) is 22.3 Å². The number of rotatable bonds is 6. The average Bonchev–Trinajstić information content (AvgIpc) is 3.44. The predicted octanol–water partition coefficient (Wildman–Crippen LogP) is 4.44. The molecule has 1 aromatic carbocycles. The summed E-state index contributed by atoms with van der Waals surface area (Å²) in [4.78, 5) is 28.8. The van der Waals surface area contributed by atoms with Crippen molar-refractivity contribution >= 4 is 34.2 Å². The highest BCUT2D eigenvalue weighted by Gasteiger charge is 2.57. The molecule has 3 N–H and O–H groups in total. The van der Waals surface area contributed by atoms with Gasteiger partial charge in [-0.3, -0.25) is 9.69 Å². The minimum Gasteiger partial charge on any atom is -0.354 e. The number of anilines is 1. The summed E-state index contributed by atoms with van der Waals surface area (Å²) in [7, 11) is 0. The molecule has 6 rings (SSSR count). The third-order valence-corrected chi connectivity index (χ3v) is 8.61. The van der Waals surface area contributed by atoms with Gasteiger partial charge in [0.25, 0.3) is 11.8 Å². The van der Waals surface area contributed by atoms with Crippen LogP contribution in [0.2, 0.25) is 5.02 Å². The molecule has 3 unspecified atom stereocenters. The summed E-state index contributed by atoms with van der Waals surface area (Å²) >= 11 is 6.44. The summed E-state index contributed by atoms with van der Waals surface area (Å²) in [5.41, 5.74) is 7.20. The Bertz CT molecular complexity index is 1480. The number of fused-ring (bicyclic) bond motifs is 2. The van der Waals surface area contributed by atoms with Crippen molar-refractivity contribution in [3.05, 3.63) is 58.6 Å². The molecule has 41 heavy (non-hydrogen) atoms. The van der Waals surface area contributed by atoms with Crippen molar-refractivity contribution in [2.45, 2.75) is 42.9 Å². The van der Waals surface area contributed by atoms with Crippen molar-refractivity contribution in [3.63, 3.8) is 0 Å². The maximum Gasteiger partial charge on any atom is 0.451 e. The van der Waals surface area contributed by atoms with E-state index < -0.39 is 42.7 Å². The van der Waals surface area contributed by atoms with E-state index in [1.165, 1.54) is 0 Å². The average molecular weight is 596 g/mol. The Morgan fingerprint density at radius 1 is 1.15 bits per heavy atom. The normalized spacial score (nSPS) is 24.8. The molecule has 14 heteroatoms. The molecule has 218 valence electrons. The van der Waals surface area contributed by atoms with Gasteiger partial charge in [0.1, 0.15) is 5.82 Å². The molecule has 1 aliphatic carbocycles. The van der Waals surface area contributed by atoms with Crippen LogP contribution in [0.1, 0.15) is 47.1 Å². The molecule has 2 aromatic heterocycles. The van der Waals surface area contributed by atoms with Crippen molar-refractivity contribution in [1.29, 1.82) is 0 Å². The molecular weight excluding hydrogens is 569 g/mol. The molecule has 2 aliphatic heterocycles. The number of alkyl halides is 5. The molecule has 3 aromatic rings. The van der Waals surface area contributed by atoms with Gasteiger partial charge >= 0.3 is 6.18 Å². The van der Waals surface area contributed by atoms with Gasteiger partial charge in [-0.1, -0.05) is 11.6 Å². The highest BCUT2D eigenvalue weighted by molar-refractivity contribution is 6.35. The third kappa shape index (κ3) is 5.54. The standard InChI is InChI=1S/C27H27ClF5N7O/c28-18-2-3-19-17(1-4-21(38-19)40-13-16-9-25(16,34)14-40)22(18)23(41)35-12-20(39-7-5-26(29,30)6-8-39)15-10-36-24(37-11-15)27(31,32)33/h1-4,10-11,16,20H,5-9,12-14,34H2,(H,35,41). The number of carbonyl (C=O) groups excluding carboxylic acids is 1. The lowest BCUT2D eigenvalue weighted by Crippen LogP contribution is -2.45. The van der Waals surface area contributed by atoms with Crippen LogP contribution in [0, 0.1) is 5.92 Å². The summed E-state index contributed by atoms with van der Waals surface area (Å²) in [6, 6.07) is 6.17. The van der Waals surface area contributed by atoms with Gasteiger partial charge in [-0.05, 0) is 36.6 Å². The fourth-order valence-electron chi connectivity index (χ4n) is 5.83. The number of pyridine rings is 1. The number of aromatic nitrogens is 3. The molecule has 4 heterocycles. The summed E-state index contributed by atoms with van der Waals surface area (Å²) < 4.78 is 66.7. The number of amides is 1. The number of halogens is 6. The van der Waals surface area contributed by atoms with Crippen LogP contribution in [0.3, 0.4) is 0 Å². The number of likely N-dealkylation sites (tertiary alicyclic amines) is 1. The Morgan fingerprint density at radius 2 is 1.85 bits per heavy atom. The lowest BCUT2D eigenvalue weighted by molar-refractivity contribution is -0.145. The highest BCUT2D eigenvalue weighted by atomic mass is 35.5. The molecule has 0 spiro atoms. The second-order valence-corrected chi connectivity index (χ2v) is 11.5. The van der Waals surface area contributed by atoms with E-state index in [0.717, 1.165) is 31.2 Å². The van der Waals surface area contributed by atoms with Gasteiger partial charge in [-0.2, -0.15) is 13.2 Å². The number of carbonyl (C=O) groups is 1. The first-order valence-electron chi connectivity index (χ1n) is 13.3. The Morgan fingerprint density at radius 3 is 2.49 bits per heavy atom. The van der Waals surface area contributed by atoms with Crippen LogP contribution >= 0.6 is 11.6 Å². The maximum absolute atomic E-state index is 13.8. The van der Waals surface area contributed by atoms with E-state index in [2.05, 4.69) is 20.2 Å². The lowest BCUT2D eigenvalue weighted by atomic mass is 10.0. The Hall–Kier alpha value is -3.16. The van der Waals surface area contributed by atoms with Crippen molar-refractivity contribution in [1.82, 2.24) is 25.2 Å². The van der Waals surface area contributed by atoms with Crippen LogP contribution in [0.15, 0.2) is 36.7 Å². The summed E-state index contributed by atoms with van der Waals surface area (Å²) in [6.07, 6.45) is -2.50. The Kier molecular flexibility index (Phi) is 6.82. The monoisotopic (exact) mass is 595 g/mol. The topological polar surface area (TPSA) is 100 Å². The van der Waals surface area contributed by atoms with Gasteiger partial charge in [0.15, 0.2) is 0 Å². The number of hydrogen-bond acceptors (Lipinski definition) is 7. The Balaban J connectivity index is 1.23. The zero-order valence-corrected chi connectivity index (χ0v) is 22.5. The summed E-state index contributed by atoms with van der Waals surface area (Å²) in [6.45, 7) is 1.42. The first-order valence-corrected chi connectivity index (χ1v) is 13.6. The number of nitrogens with zero attached hydrogens (tertiary/aromatic N) is 5. The number of benzene rings is 1. The predicted molar refractivity (Wildman–Crippen MR) is 142 cm³/mol. The molecule has 3 fully saturated rings. The second kappa shape index (κ2) is 9.99. The van der Waals surface area contributed by atoms with Crippen LogP contribution in [0.5, 0.6) is 0 Å². The molecule has 0 radical (unpaired) electrons. The number of nitrogens with two attached hydrogens (primary N) is 1. The van der Waals surface area contributed by atoms with Crippen LogP contribution in [-0.4, -0.2) is 69.9 Å². The first-order chi connectivity index (χ1) is 19.3. The first kappa shape index (κ1) is 28.0. The van der Waals surface area contributed by atoms with E-state index in [9.17, 15) is 26.7 Å². The van der Waals surface area contributed by atoms with Crippen molar-refractivity contribution < 1.29 is 26.7 Å². The molecule has 2 saturated heterocycles. The minimum atomic E-state index is -4.73. The fraction of sp³-hybridized carbons (Fsp3) is 0.481. The van der Waals surface area contributed by atoms with Gasteiger partial charge in [-0.15, -0.1) is 0 Å². The van der Waals surface area contributed by atoms with Crippen LogP contribution in [-0.2, 0) is 6.18 Å². The van der Waals surface area contributed by atoms with Gasteiger partial charge < -0.3 is 16.0 Å². The zero-order chi connectivity index (χ0) is 29.2. The van der Waals surface area contributed by atoms with Gasteiger partial charge in [0, 0.05) is 74.4 Å². The second-order valence-electron chi connectivity index (χ2n) is 11.1. The summed E-state index contributed by atoms with van der Waals surface area (Å²) in [5.74, 6) is -3.45. The van der Waals surface area contributed by atoms with Crippen LogP contribution in [0.4, 0.5) is 27.8 Å². The molecule has 3 atom stereocenters. The zero-order valence-electron chi connectivity index (χ0n) is 21.8. The lowest BCUT2D eigenvalue weighted by Gasteiger charge is -2.37. The molecule has 1 saturated carbocycles. The van der Waals surface area contributed by atoms with Crippen molar-refractivity contribution in [2.75, 3.05) is 37.6 Å². The minimum absolute atomic E-state index is 0.0161. The molecule has 3 aliphatic rings. The van der Waals surface area contributed by atoms with Gasteiger partial charge in [0.05, 0.1) is 22.1 Å². The van der Waals surface area contributed by atoms with Crippen molar-refractivity contribution in [2.24, 2.45) is 11.7 Å². The number of hydrogen-bond donors (Lipinski definition) is 2. The maximum atomic E-state index is 13.8. The quantitative estimate of drug-likeness (QED) is 0.407. The van der Waals surface area contributed by atoms with E-state index in [1.54, 1.807) is 23.1 Å². The molecule has 0 bridgehead atoms. The summed E-state index contributed by atoms with van der Waals surface area (Å²) in [5, 5.41) is 3.51. The SMILES string of the molecule is NC12CC1CN(c1ccc3c(C(=O)NCC(c4cnc(C(F)(F)F)nc4)N4CCC(F)(F)CC4)c(Cl)ccc3n1)C2. The van der Waals surface area contributed by atoms with Gasteiger partial charge in [-0.25, -0.2) is 23.7 Å². The van der Waals surface area contributed by atoms with E-state index in [0.29, 0.717) is 23.4 Å². The Labute approximate surface area is 237 Å². The highest BCUT2D eigenvalue weighted by Crippen LogP contribution is 2.48. The third-order valence-electron chi connectivity index (χ3n) is 8.30. The largest absolute Gasteiger partial charge is 0.451 e. The molecular formula is C27H27ClF5N7O.